The molecule has 0 atom stereocenters. The lowest BCUT2D eigenvalue weighted by molar-refractivity contribution is 0.418. The Bertz CT molecular complexity index is 1740. The Morgan fingerprint density at radius 3 is 1.76 bits per heavy atom. The van der Waals surface area contributed by atoms with Gasteiger partial charge in [0.15, 0.2) is 10.4 Å². The van der Waals surface area contributed by atoms with Crippen LogP contribution in [0.2, 0.25) is 0 Å². The standard InChI is InChI=1S/C28H27N7S2/c1-32(2)19-18-30-27-31-25-23(24(29)33(27)20-12-6-3-7-13-20)26(36)35(22-16-10-5-11-17-22)28(37)34(25)21-14-8-4-9-15-21/h3-17H,18-19,29H2,1-2H3. The van der Waals surface area contributed by atoms with Gasteiger partial charge < -0.3 is 10.6 Å². The second kappa shape index (κ2) is 10.6. The molecule has 186 valence electrons. The van der Waals surface area contributed by atoms with E-state index in [0.717, 1.165) is 23.6 Å². The van der Waals surface area contributed by atoms with E-state index in [1.165, 1.54) is 0 Å². The van der Waals surface area contributed by atoms with E-state index in [1.54, 1.807) is 0 Å². The largest absolute Gasteiger partial charge is 0.384 e. The zero-order valence-electron chi connectivity index (χ0n) is 20.7. The van der Waals surface area contributed by atoms with Crippen molar-refractivity contribution in [2.75, 3.05) is 32.9 Å². The van der Waals surface area contributed by atoms with E-state index >= 15 is 0 Å². The van der Waals surface area contributed by atoms with Crippen LogP contribution < -0.4 is 11.4 Å². The van der Waals surface area contributed by atoms with Crippen molar-refractivity contribution in [3.8, 4) is 17.1 Å². The van der Waals surface area contributed by atoms with Crippen LogP contribution in [-0.4, -0.2) is 50.8 Å². The molecule has 0 amide bonds. The molecule has 2 heterocycles. The van der Waals surface area contributed by atoms with Crippen molar-refractivity contribution in [3.63, 3.8) is 0 Å². The van der Waals surface area contributed by atoms with Crippen LogP contribution in [0, 0.1) is 9.41 Å². The Morgan fingerprint density at radius 1 is 0.757 bits per heavy atom. The number of likely N-dealkylation sites (N-methyl/N-ethyl adjacent to an activating group) is 1. The molecule has 0 spiro atoms. The van der Waals surface area contributed by atoms with Crippen LogP contribution in [0.5, 0.6) is 0 Å². The molecule has 0 bridgehead atoms. The maximum Gasteiger partial charge on any atom is 0.233 e. The number of fused-ring (bicyclic) bond motifs is 1. The van der Waals surface area contributed by atoms with Gasteiger partial charge in [-0.2, -0.15) is 4.98 Å². The van der Waals surface area contributed by atoms with Crippen molar-refractivity contribution in [3.05, 3.63) is 106 Å². The van der Waals surface area contributed by atoms with Crippen LogP contribution >= 0.6 is 24.4 Å². The van der Waals surface area contributed by atoms with Gasteiger partial charge in [0.1, 0.15) is 10.5 Å². The van der Waals surface area contributed by atoms with Crippen LogP contribution in [0.25, 0.3) is 28.1 Å². The molecule has 0 aliphatic carbocycles. The number of benzene rings is 3. The SMILES string of the molecule is CN(C)CCN=c1nc2c(c(N)n1-c1ccccc1)c(=S)n(-c1ccccc1)c(=S)n2-c1ccccc1. The van der Waals surface area contributed by atoms with Gasteiger partial charge in [-0.05, 0) is 62.7 Å². The summed E-state index contributed by atoms with van der Waals surface area (Å²) in [5.41, 5.74) is 10.6. The molecule has 5 aromatic rings. The molecule has 9 heteroatoms. The summed E-state index contributed by atoms with van der Waals surface area (Å²) in [4.78, 5) is 12.0. The van der Waals surface area contributed by atoms with Crippen molar-refractivity contribution in [2.45, 2.75) is 0 Å². The lowest BCUT2D eigenvalue weighted by Crippen LogP contribution is -2.29. The molecule has 0 saturated heterocycles. The maximum atomic E-state index is 6.95. The highest BCUT2D eigenvalue weighted by Crippen LogP contribution is 2.27. The van der Waals surface area contributed by atoms with E-state index in [9.17, 15) is 0 Å². The van der Waals surface area contributed by atoms with E-state index < -0.39 is 0 Å². The molecule has 37 heavy (non-hydrogen) atoms. The van der Waals surface area contributed by atoms with E-state index in [1.807, 2.05) is 119 Å². The summed E-state index contributed by atoms with van der Waals surface area (Å²) in [6.45, 7) is 1.33. The summed E-state index contributed by atoms with van der Waals surface area (Å²) in [7, 11) is 4.03. The first kappa shape index (κ1) is 24.8. The lowest BCUT2D eigenvalue weighted by atomic mass is 10.2. The highest BCUT2D eigenvalue weighted by molar-refractivity contribution is 7.72. The quantitative estimate of drug-likeness (QED) is 0.312. The molecular weight excluding hydrogens is 498 g/mol. The van der Waals surface area contributed by atoms with Crippen molar-refractivity contribution >= 4 is 41.3 Å². The van der Waals surface area contributed by atoms with Crippen molar-refractivity contribution in [1.29, 1.82) is 0 Å². The second-order valence-corrected chi connectivity index (χ2v) is 9.53. The second-order valence-electron chi connectivity index (χ2n) is 8.78. The zero-order valence-corrected chi connectivity index (χ0v) is 22.3. The van der Waals surface area contributed by atoms with Crippen molar-refractivity contribution in [2.24, 2.45) is 4.99 Å². The van der Waals surface area contributed by atoms with Crippen LogP contribution in [0.4, 0.5) is 5.82 Å². The van der Waals surface area contributed by atoms with Crippen molar-refractivity contribution in [1.82, 2.24) is 23.6 Å². The molecule has 7 nitrogen and oxygen atoms in total. The number of rotatable bonds is 6. The van der Waals surface area contributed by atoms with Gasteiger partial charge in [0.25, 0.3) is 0 Å². The summed E-state index contributed by atoms with van der Waals surface area (Å²) in [6, 6.07) is 29.6. The number of hydrogen-bond acceptors (Lipinski definition) is 6. The molecule has 0 unspecified atom stereocenters. The number of nitrogens with two attached hydrogens (primary N) is 1. The maximum absolute atomic E-state index is 6.95. The Morgan fingerprint density at radius 2 is 1.24 bits per heavy atom. The minimum Gasteiger partial charge on any atom is -0.384 e. The minimum absolute atomic E-state index is 0.453. The summed E-state index contributed by atoms with van der Waals surface area (Å²) >= 11 is 12.1. The molecule has 0 aliphatic rings. The van der Waals surface area contributed by atoms with E-state index in [0.29, 0.717) is 38.4 Å². The van der Waals surface area contributed by atoms with Gasteiger partial charge in [0.2, 0.25) is 5.62 Å². The number of anilines is 1. The molecule has 2 N–H and O–H groups in total. The number of nitrogen functional groups attached to an aromatic ring is 1. The van der Waals surface area contributed by atoms with Gasteiger partial charge in [-0.3, -0.25) is 13.7 Å². The topological polar surface area (TPSA) is 69.3 Å². The first-order valence-electron chi connectivity index (χ1n) is 11.9. The molecule has 2 aromatic heterocycles. The van der Waals surface area contributed by atoms with Gasteiger partial charge >= 0.3 is 0 Å². The average molecular weight is 526 g/mol. The van der Waals surface area contributed by atoms with Gasteiger partial charge in [0, 0.05) is 17.9 Å². The third kappa shape index (κ3) is 4.76. The van der Waals surface area contributed by atoms with Crippen LogP contribution in [0.3, 0.4) is 0 Å². The molecule has 0 aliphatic heterocycles. The molecule has 3 aromatic carbocycles. The molecule has 0 fully saturated rings. The predicted octanol–water partition coefficient (Wildman–Crippen LogP) is 5.11. The first-order valence-corrected chi connectivity index (χ1v) is 12.7. The van der Waals surface area contributed by atoms with Crippen LogP contribution in [-0.2, 0) is 0 Å². The van der Waals surface area contributed by atoms with E-state index in [2.05, 4.69) is 4.90 Å². The highest BCUT2D eigenvalue weighted by Gasteiger charge is 2.19. The predicted molar refractivity (Wildman–Crippen MR) is 155 cm³/mol. The summed E-state index contributed by atoms with van der Waals surface area (Å²) < 4.78 is 6.65. The minimum atomic E-state index is 0.453. The summed E-state index contributed by atoms with van der Waals surface area (Å²) in [5.74, 6) is 0.453. The number of para-hydroxylation sites is 3. The third-order valence-corrected chi connectivity index (χ3v) is 6.73. The Hall–Kier alpha value is -3.92. The normalized spacial score (nSPS) is 11.9. The molecule has 0 saturated carbocycles. The molecule has 0 radical (unpaired) electrons. The number of aromatic nitrogens is 4. The van der Waals surface area contributed by atoms with Crippen LogP contribution in [0.1, 0.15) is 0 Å². The Balaban J connectivity index is 1.97. The fourth-order valence-corrected chi connectivity index (χ4v) is 5.03. The van der Waals surface area contributed by atoms with Crippen LogP contribution in [0.15, 0.2) is 96.0 Å². The average Bonchev–Trinajstić information content (AvgIpc) is 2.90. The van der Waals surface area contributed by atoms with Gasteiger partial charge in [-0.1, -0.05) is 66.8 Å². The Labute approximate surface area is 225 Å². The highest BCUT2D eigenvalue weighted by atomic mass is 32.1. The number of nitrogens with zero attached hydrogens (tertiary/aromatic N) is 6. The molecular formula is C28H27N7S2. The fraction of sp³-hybridized carbons (Fsp3) is 0.143. The van der Waals surface area contributed by atoms with Gasteiger partial charge in [-0.15, -0.1) is 0 Å². The Kier molecular flexibility index (Phi) is 7.09. The molecule has 5 rings (SSSR count). The smallest absolute Gasteiger partial charge is 0.233 e. The zero-order chi connectivity index (χ0) is 25.9. The lowest BCUT2D eigenvalue weighted by Gasteiger charge is -2.20. The van der Waals surface area contributed by atoms with Crippen molar-refractivity contribution < 1.29 is 0 Å². The summed E-state index contributed by atoms with van der Waals surface area (Å²) in [6.07, 6.45) is 0. The van der Waals surface area contributed by atoms with E-state index in [4.69, 9.17) is 40.1 Å². The number of hydrogen-bond donors (Lipinski definition) is 1. The van der Waals surface area contributed by atoms with Gasteiger partial charge in [0.05, 0.1) is 17.6 Å². The van der Waals surface area contributed by atoms with E-state index in [-0.39, 0.29) is 0 Å². The summed E-state index contributed by atoms with van der Waals surface area (Å²) in [5, 5.41) is 0.631. The van der Waals surface area contributed by atoms with Gasteiger partial charge in [-0.25, -0.2) is 4.99 Å². The monoisotopic (exact) mass is 525 g/mol. The fourth-order valence-electron chi connectivity index (χ4n) is 4.19. The first-order chi connectivity index (χ1) is 18.0. The third-order valence-electron chi connectivity index (χ3n) is 5.98.